The third kappa shape index (κ3) is 1.83. The Hall–Kier alpha value is -3.22. The molecule has 2 heterocycles. The fraction of sp³-hybridized carbons (Fsp3) is 0.0667. The maximum Gasteiger partial charge on any atom is 0.231 e. The second kappa shape index (κ2) is 4.66. The lowest BCUT2D eigenvalue weighted by molar-refractivity contribution is 0.174. The molecule has 1 aliphatic rings. The minimum Gasteiger partial charge on any atom is -0.454 e. The first-order chi connectivity index (χ1) is 10.8. The van der Waals surface area contributed by atoms with Crippen molar-refractivity contribution in [2.24, 2.45) is 16.7 Å². The first-order valence-electron chi connectivity index (χ1n) is 6.68. The van der Waals surface area contributed by atoms with Crippen molar-refractivity contribution in [2.45, 2.75) is 0 Å². The van der Waals surface area contributed by atoms with Crippen LogP contribution in [0.25, 0.3) is 22.2 Å². The molecule has 0 radical (unpaired) electrons. The molecule has 0 fully saturated rings. The summed E-state index contributed by atoms with van der Waals surface area (Å²) in [7, 11) is 0. The second-order valence-electron chi connectivity index (χ2n) is 4.91. The summed E-state index contributed by atoms with van der Waals surface area (Å²) < 4.78 is 10.7. The Morgan fingerprint density at radius 2 is 2.00 bits per heavy atom. The van der Waals surface area contributed by atoms with Gasteiger partial charge in [0.15, 0.2) is 11.5 Å². The Balaban J connectivity index is 1.88. The third-order valence-electron chi connectivity index (χ3n) is 3.64. The van der Waals surface area contributed by atoms with Crippen molar-refractivity contribution in [1.29, 1.82) is 0 Å². The predicted octanol–water partition coefficient (Wildman–Crippen LogP) is 1.54. The topological polar surface area (TPSA) is 112 Å². The van der Waals surface area contributed by atoms with Crippen LogP contribution in [0.4, 0.5) is 0 Å². The van der Waals surface area contributed by atoms with Crippen LogP contribution >= 0.6 is 0 Å². The van der Waals surface area contributed by atoms with E-state index in [0.717, 1.165) is 33.5 Å². The van der Waals surface area contributed by atoms with Gasteiger partial charge < -0.3 is 21.1 Å². The molecule has 0 bridgehead atoms. The largest absolute Gasteiger partial charge is 0.454 e. The molecule has 1 aliphatic heterocycles. The number of benzene rings is 2. The second-order valence-corrected chi connectivity index (χ2v) is 4.91. The van der Waals surface area contributed by atoms with Crippen LogP contribution in [0.1, 0.15) is 5.56 Å². The highest BCUT2D eigenvalue weighted by Gasteiger charge is 2.16. The highest BCUT2D eigenvalue weighted by atomic mass is 16.7. The van der Waals surface area contributed by atoms with Gasteiger partial charge in [0.1, 0.15) is 11.5 Å². The molecule has 0 aliphatic carbocycles. The SMILES string of the molecule is N/N=C(\N)c1ccc2[nH]nc(-c3ccc4c(c3)OCO4)c2c1. The average molecular weight is 295 g/mol. The summed E-state index contributed by atoms with van der Waals surface area (Å²) in [6.07, 6.45) is 0. The van der Waals surface area contributed by atoms with Gasteiger partial charge in [-0.2, -0.15) is 10.2 Å². The summed E-state index contributed by atoms with van der Waals surface area (Å²) in [6, 6.07) is 11.4. The van der Waals surface area contributed by atoms with E-state index in [0.29, 0.717) is 5.75 Å². The fourth-order valence-electron chi connectivity index (χ4n) is 2.51. The van der Waals surface area contributed by atoms with Gasteiger partial charge in [-0.25, -0.2) is 0 Å². The van der Waals surface area contributed by atoms with Crippen LogP contribution in [0.3, 0.4) is 0 Å². The summed E-state index contributed by atoms with van der Waals surface area (Å²) in [5.41, 5.74) is 9.16. The highest BCUT2D eigenvalue weighted by Crippen LogP contribution is 2.37. The van der Waals surface area contributed by atoms with Crippen LogP contribution in [0.5, 0.6) is 11.5 Å². The number of nitrogens with two attached hydrogens (primary N) is 2. The van der Waals surface area contributed by atoms with Crippen LogP contribution in [0.2, 0.25) is 0 Å². The highest BCUT2D eigenvalue weighted by molar-refractivity contribution is 6.03. The van der Waals surface area contributed by atoms with Crippen molar-refractivity contribution >= 4 is 16.7 Å². The molecule has 22 heavy (non-hydrogen) atoms. The van der Waals surface area contributed by atoms with E-state index in [1.165, 1.54) is 0 Å². The van der Waals surface area contributed by atoms with Gasteiger partial charge in [0.2, 0.25) is 6.79 Å². The van der Waals surface area contributed by atoms with Gasteiger partial charge in [0.25, 0.3) is 0 Å². The van der Waals surface area contributed by atoms with Crippen molar-refractivity contribution < 1.29 is 9.47 Å². The van der Waals surface area contributed by atoms with Gasteiger partial charge in [-0.15, -0.1) is 0 Å². The molecule has 0 spiro atoms. The Labute approximate surface area is 125 Å². The molecule has 0 unspecified atom stereocenters. The Bertz CT molecular complexity index is 900. The van der Waals surface area contributed by atoms with E-state index in [9.17, 15) is 0 Å². The molecule has 3 aromatic rings. The lowest BCUT2D eigenvalue weighted by atomic mass is 10.0. The fourth-order valence-corrected chi connectivity index (χ4v) is 2.51. The molecule has 7 heteroatoms. The molecular weight excluding hydrogens is 282 g/mol. The smallest absolute Gasteiger partial charge is 0.231 e. The summed E-state index contributed by atoms with van der Waals surface area (Å²) in [5, 5.41) is 11.8. The Morgan fingerprint density at radius 3 is 2.86 bits per heavy atom. The summed E-state index contributed by atoms with van der Waals surface area (Å²) >= 11 is 0. The number of aromatic nitrogens is 2. The number of nitrogens with one attached hydrogen (secondary N) is 1. The number of hydrazone groups is 1. The molecule has 0 saturated carbocycles. The van der Waals surface area contributed by atoms with E-state index in [1.54, 1.807) is 0 Å². The minimum atomic E-state index is 0.244. The lowest BCUT2D eigenvalue weighted by Gasteiger charge is -2.02. The maximum absolute atomic E-state index is 5.77. The van der Waals surface area contributed by atoms with Crippen LogP contribution < -0.4 is 21.1 Å². The van der Waals surface area contributed by atoms with Gasteiger partial charge in [-0.05, 0) is 36.4 Å². The molecule has 0 saturated heterocycles. The molecule has 0 atom stereocenters. The van der Waals surface area contributed by atoms with Gasteiger partial charge in [-0.3, -0.25) is 5.10 Å². The van der Waals surface area contributed by atoms with Gasteiger partial charge in [-0.1, -0.05) is 0 Å². The average Bonchev–Trinajstić information content (AvgIpc) is 3.18. The molecule has 110 valence electrons. The zero-order chi connectivity index (χ0) is 15.1. The predicted molar refractivity (Wildman–Crippen MR) is 82.6 cm³/mol. The van der Waals surface area contributed by atoms with E-state index in [2.05, 4.69) is 15.3 Å². The number of aromatic amines is 1. The Kier molecular flexibility index (Phi) is 2.65. The number of ether oxygens (including phenoxy) is 2. The molecular formula is C15H13N5O2. The monoisotopic (exact) mass is 295 g/mol. The molecule has 4 rings (SSSR count). The molecule has 0 amide bonds. The molecule has 5 N–H and O–H groups in total. The van der Waals surface area contributed by atoms with E-state index in [4.69, 9.17) is 21.1 Å². The molecule has 7 nitrogen and oxygen atoms in total. The van der Waals surface area contributed by atoms with Gasteiger partial charge in [0, 0.05) is 16.5 Å². The Morgan fingerprint density at radius 1 is 1.14 bits per heavy atom. The third-order valence-corrected chi connectivity index (χ3v) is 3.64. The van der Waals surface area contributed by atoms with Crippen molar-refractivity contribution in [2.75, 3.05) is 6.79 Å². The number of amidine groups is 1. The van der Waals surface area contributed by atoms with Crippen molar-refractivity contribution in [3.8, 4) is 22.8 Å². The van der Waals surface area contributed by atoms with Crippen LogP contribution in [-0.4, -0.2) is 22.8 Å². The van der Waals surface area contributed by atoms with E-state index >= 15 is 0 Å². The van der Waals surface area contributed by atoms with Crippen LogP contribution in [0, 0.1) is 0 Å². The zero-order valence-corrected chi connectivity index (χ0v) is 11.5. The summed E-state index contributed by atoms with van der Waals surface area (Å²) in [6.45, 7) is 0.244. The quantitative estimate of drug-likeness (QED) is 0.287. The van der Waals surface area contributed by atoms with E-state index < -0.39 is 0 Å². The zero-order valence-electron chi connectivity index (χ0n) is 11.5. The summed E-state index contributed by atoms with van der Waals surface area (Å²) in [5.74, 6) is 6.98. The van der Waals surface area contributed by atoms with E-state index in [1.807, 2.05) is 36.4 Å². The van der Waals surface area contributed by atoms with Crippen molar-refractivity contribution in [3.63, 3.8) is 0 Å². The van der Waals surface area contributed by atoms with Gasteiger partial charge in [0.05, 0.1) is 5.52 Å². The molecule has 2 aromatic carbocycles. The maximum atomic E-state index is 5.77. The minimum absolute atomic E-state index is 0.244. The number of hydrogen-bond donors (Lipinski definition) is 3. The van der Waals surface area contributed by atoms with Crippen molar-refractivity contribution in [3.05, 3.63) is 42.0 Å². The number of nitrogens with zero attached hydrogens (tertiary/aromatic N) is 2. The number of H-pyrrole nitrogens is 1. The van der Waals surface area contributed by atoms with E-state index in [-0.39, 0.29) is 12.6 Å². The first kappa shape index (κ1) is 12.5. The standard InChI is InChI=1S/C15H13N5O2/c16-15(18-17)9-1-3-11-10(5-9)14(20-19-11)8-2-4-12-13(6-8)22-7-21-12/h1-6H,7,17H2,(H2,16,18)(H,19,20). The molecule has 1 aromatic heterocycles. The van der Waals surface area contributed by atoms with Crippen molar-refractivity contribution in [1.82, 2.24) is 10.2 Å². The normalized spacial score (nSPS) is 13.7. The summed E-state index contributed by atoms with van der Waals surface area (Å²) in [4.78, 5) is 0. The van der Waals surface area contributed by atoms with Crippen LogP contribution in [-0.2, 0) is 0 Å². The van der Waals surface area contributed by atoms with Crippen LogP contribution in [0.15, 0.2) is 41.5 Å². The number of hydrogen-bond acceptors (Lipinski definition) is 5. The van der Waals surface area contributed by atoms with Gasteiger partial charge >= 0.3 is 0 Å². The lowest BCUT2D eigenvalue weighted by Crippen LogP contribution is -2.15. The number of fused-ring (bicyclic) bond motifs is 2. The first-order valence-corrected chi connectivity index (χ1v) is 6.68. The number of rotatable bonds is 2.